The number of hydrogen-bond donors (Lipinski definition) is 2. The normalized spacial score (nSPS) is 10.2. The molecule has 1 aromatic heterocycles. The Morgan fingerprint density at radius 3 is 2.83 bits per heavy atom. The fourth-order valence-corrected chi connectivity index (χ4v) is 1.40. The molecule has 0 saturated carbocycles. The van der Waals surface area contributed by atoms with Crippen LogP contribution in [-0.2, 0) is 0 Å². The number of rotatable bonds is 4. The summed E-state index contributed by atoms with van der Waals surface area (Å²) in [6.45, 7) is 2.51. The highest BCUT2D eigenvalue weighted by molar-refractivity contribution is 5.57. The first-order valence-corrected chi connectivity index (χ1v) is 5.48. The van der Waals surface area contributed by atoms with Gasteiger partial charge in [0.1, 0.15) is 5.82 Å². The fourth-order valence-electron chi connectivity index (χ4n) is 1.40. The molecule has 0 amide bonds. The quantitative estimate of drug-likeness (QED) is 0.876. The van der Waals surface area contributed by atoms with E-state index in [1.807, 2.05) is 6.92 Å². The van der Waals surface area contributed by atoms with Crippen LogP contribution in [-0.4, -0.2) is 16.5 Å². The number of benzene rings is 1. The average molecular weight is 250 g/mol. The van der Waals surface area contributed by atoms with Crippen LogP contribution < -0.4 is 10.6 Å². The first kappa shape index (κ1) is 12.2. The maximum Gasteiger partial charge on any atom is 0.224 e. The molecular formula is C12H12F2N4. The van der Waals surface area contributed by atoms with Crippen molar-refractivity contribution in [1.82, 2.24) is 9.97 Å². The molecule has 2 aromatic rings. The molecule has 0 aliphatic carbocycles. The number of aromatic nitrogens is 2. The van der Waals surface area contributed by atoms with Crippen LogP contribution in [0.25, 0.3) is 0 Å². The highest BCUT2D eigenvalue weighted by Crippen LogP contribution is 2.18. The van der Waals surface area contributed by atoms with Crippen molar-refractivity contribution in [3.63, 3.8) is 0 Å². The molecule has 0 saturated heterocycles. The van der Waals surface area contributed by atoms with Gasteiger partial charge in [0.2, 0.25) is 5.95 Å². The molecule has 1 heterocycles. The molecule has 0 radical (unpaired) electrons. The van der Waals surface area contributed by atoms with Crippen LogP contribution in [0.5, 0.6) is 0 Å². The van der Waals surface area contributed by atoms with Crippen molar-refractivity contribution < 1.29 is 8.78 Å². The Labute approximate surface area is 103 Å². The summed E-state index contributed by atoms with van der Waals surface area (Å²) in [6.07, 6.45) is 1.06. The van der Waals surface area contributed by atoms with Gasteiger partial charge in [-0.05, 0) is 25.1 Å². The van der Waals surface area contributed by atoms with Crippen LogP contribution in [0, 0.1) is 11.6 Å². The summed E-state index contributed by atoms with van der Waals surface area (Å²) in [5.41, 5.74) is 0.426. The van der Waals surface area contributed by atoms with E-state index >= 15 is 0 Å². The first-order valence-electron chi connectivity index (χ1n) is 5.48. The van der Waals surface area contributed by atoms with Crippen LogP contribution in [0.3, 0.4) is 0 Å². The van der Waals surface area contributed by atoms with Crippen LogP contribution in [0.15, 0.2) is 30.5 Å². The zero-order valence-corrected chi connectivity index (χ0v) is 9.74. The Kier molecular flexibility index (Phi) is 3.66. The molecule has 0 atom stereocenters. The van der Waals surface area contributed by atoms with Crippen LogP contribution in [0.4, 0.5) is 26.2 Å². The van der Waals surface area contributed by atoms with E-state index in [1.165, 1.54) is 18.2 Å². The van der Waals surface area contributed by atoms with E-state index in [0.717, 1.165) is 6.20 Å². The molecule has 4 nitrogen and oxygen atoms in total. The molecule has 0 spiro atoms. The second kappa shape index (κ2) is 5.39. The maximum absolute atomic E-state index is 13.5. The van der Waals surface area contributed by atoms with Gasteiger partial charge < -0.3 is 10.6 Å². The van der Waals surface area contributed by atoms with Crippen molar-refractivity contribution in [3.05, 3.63) is 42.1 Å². The second-order valence-corrected chi connectivity index (χ2v) is 3.56. The summed E-state index contributed by atoms with van der Waals surface area (Å²) in [7, 11) is 0. The SMILES string of the molecule is CCNc1ncc(F)c(Nc2cccc(F)c2)n1. The van der Waals surface area contributed by atoms with E-state index in [9.17, 15) is 8.78 Å². The molecule has 0 bridgehead atoms. The predicted octanol–water partition coefficient (Wildman–Crippen LogP) is 2.93. The van der Waals surface area contributed by atoms with Gasteiger partial charge in [0.05, 0.1) is 6.20 Å². The lowest BCUT2D eigenvalue weighted by Gasteiger charge is -2.08. The minimum atomic E-state index is -0.596. The lowest BCUT2D eigenvalue weighted by atomic mass is 10.3. The third-order valence-corrected chi connectivity index (χ3v) is 2.17. The summed E-state index contributed by atoms with van der Waals surface area (Å²) in [6, 6.07) is 5.72. The number of anilines is 3. The molecule has 2 N–H and O–H groups in total. The molecule has 2 rings (SSSR count). The summed E-state index contributed by atoms with van der Waals surface area (Å²) in [5, 5.41) is 5.58. The van der Waals surface area contributed by atoms with Gasteiger partial charge in [-0.3, -0.25) is 0 Å². The van der Waals surface area contributed by atoms with E-state index in [2.05, 4.69) is 20.6 Å². The molecule has 0 aliphatic heterocycles. The second-order valence-electron chi connectivity index (χ2n) is 3.56. The van der Waals surface area contributed by atoms with Crippen molar-refractivity contribution in [3.8, 4) is 0 Å². The standard InChI is InChI=1S/C12H12F2N4/c1-2-15-12-16-7-10(14)11(18-12)17-9-5-3-4-8(13)6-9/h3-7H,2H2,1H3,(H2,15,16,17,18). The van der Waals surface area contributed by atoms with Gasteiger partial charge in [-0.15, -0.1) is 0 Å². The van der Waals surface area contributed by atoms with E-state index in [0.29, 0.717) is 18.2 Å². The fraction of sp³-hybridized carbons (Fsp3) is 0.167. The van der Waals surface area contributed by atoms with E-state index < -0.39 is 11.6 Å². The Balaban J connectivity index is 2.25. The maximum atomic E-state index is 13.5. The van der Waals surface area contributed by atoms with Crippen LogP contribution in [0.1, 0.15) is 6.92 Å². The molecule has 18 heavy (non-hydrogen) atoms. The number of hydrogen-bond acceptors (Lipinski definition) is 4. The third-order valence-electron chi connectivity index (χ3n) is 2.17. The van der Waals surface area contributed by atoms with Gasteiger partial charge in [0, 0.05) is 12.2 Å². The zero-order chi connectivity index (χ0) is 13.0. The Morgan fingerprint density at radius 2 is 2.11 bits per heavy atom. The van der Waals surface area contributed by atoms with Gasteiger partial charge in [0.25, 0.3) is 0 Å². The Hall–Kier alpha value is -2.24. The molecule has 6 heteroatoms. The van der Waals surface area contributed by atoms with Crippen LogP contribution in [0.2, 0.25) is 0 Å². The van der Waals surface area contributed by atoms with E-state index in [1.54, 1.807) is 6.07 Å². The minimum absolute atomic E-state index is 0.00606. The van der Waals surface area contributed by atoms with Gasteiger partial charge >= 0.3 is 0 Å². The lowest BCUT2D eigenvalue weighted by Crippen LogP contribution is -2.05. The highest BCUT2D eigenvalue weighted by atomic mass is 19.1. The van der Waals surface area contributed by atoms with E-state index in [4.69, 9.17) is 0 Å². The molecule has 0 fully saturated rings. The van der Waals surface area contributed by atoms with Crippen LogP contribution >= 0.6 is 0 Å². The predicted molar refractivity (Wildman–Crippen MR) is 65.8 cm³/mol. The lowest BCUT2D eigenvalue weighted by molar-refractivity contribution is 0.618. The van der Waals surface area contributed by atoms with Crippen molar-refractivity contribution >= 4 is 17.5 Å². The largest absolute Gasteiger partial charge is 0.354 e. The number of halogens is 2. The van der Waals surface area contributed by atoms with Crippen molar-refractivity contribution in [2.45, 2.75) is 6.92 Å². The smallest absolute Gasteiger partial charge is 0.224 e. The van der Waals surface area contributed by atoms with Crippen molar-refractivity contribution in [1.29, 1.82) is 0 Å². The van der Waals surface area contributed by atoms with Gasteiger partial charge in [0.15, 0.2) is 11.6 Å². The molecule has 0 unspecified atom stereocenters. The third kappa shape index (κ3) is 2.91. The van der Waals surface area contributed by atoms with Gasteiger partial charge in [-0.25, -0.2) is 13.8 Å². The summed E-state index contributed by atoms with van der Waals surface area (Å²) in [4.78, 5) is 7.73. The number of nitrogens with zero attached hydrogens (tertiary/aromatic N) is 2. The van der Waals surface area contributed by atoms with Gasteiger partial charge in [-0.1, -0.05) is 6.07 Å². The first-order chi connectivity index (χ1) is 8.69. The van der Waals surface area contributed by atoms with Gasteiger partial charge in [-0.2, -0.15) is 4.98 Å². The highest BCUT2D eigenvalue weighted by Gasteiger charge is 2.07. The minimum Gasteiger partial charge on any atom is -0.354 e. The summed E-state index contributed by atoms with van der Waals surface area (Å²) >= 11 is 0. The monoisotopic (exact) mass is 250 g/mol. The molecular weight excluding hydrogens is 238 g/mol. The molecule has 94 valence electrons. The summed E-state index contributed by atoms with van der Waals surface area (Å²) in [5.74, 6) is -0.674. The van der Waals surface area contributed by atoms with Crippen molar-refractivity contribution in [2.75, 3.05) is 17.2 Å². The Morgan fingerprint density at radius 1 is 1.28 bits per heavy atom. The molecule has 1 aromatic carbocycles. The topological polar surface area (TPSA) is 49.8 Å². The average Bonchev–Trinajstić information content (AvgIpc) is 2.34. The number of nitrogens with one attached hydrogen (secondary N) is 2. The Bertz CT molecular complexity index is 545. The van der Waals surface area contributed by atoms with Crippen molar-refractivity contribution in [2.24, 2.45) is 0 Å². The van der Waals surface area contributed by atoms with E-state index in [-0.39, 0.29) is 5.82 Å². The summed E-state index contributed by atoms with van der Waals surface area (Å²) < 4.78 is 26.5. The molecule has 0 aliphatic rings. The zero-order valence-electron chi connectivity index (χ0n) is 9.74.